The molecule has 0 aliphatic carbocycles. The van der Waals surface area contributed by atoms with Crippen LogP contribution in [-0.2, 0) is 17.9 Å². The molecule has 0 radical (unpaired) electrons. The molecular formula is C11H19N5O. The van der Waals surface area contributed by atoms with Crippen LogP contribution in [0.5, 0.6) is 0 Å². The zero-order chi connectivity index (χ0) is 12.3. The minimum absolute atomic E-state index is 0.147. The predicted molar refractivity (Wildman–Crippen MR) is 62.9 cm³/mol. The molecule has 0 aromatic carbocycles. The van der Waals surface area contributed by atoms with E-state index in [4.69, 9.17) is 5.73 Å². The van der Waals surface area contributed by atoms with E-state index in [1.807, 2.05) is 11.1 Å². The van der Waals surface area contributed by atoms with Crippen molar-refractivity contribution in [3.63, 3.8) is 0 Å². The van der Waals surface area contributed by atoms with Crippen molar-refractivity contribution in [1.82, 2.24) is 19.9 Å². The lowest BCUT2D eigenvalue weighted by atomic mass is 10.0. The smallest absolute Gasteiger partial charge is 0.219 e. The Hall–Kier alpha value is -1.43. The number of piperidine rings is 1. The zero-order valence-corrected chi connectivity index (χ0v) is 10.2. The summed E-state index contributed by atoms with van der Waals surface area (Å²) in [5, 5.41) is 7.98. The molecule has 1 amide bonds. The number of carbonyl (C=O) groups is 1. The van der Waals surface area contributed by atoms with Crippen molar-refractivity contribution in [3.8, 4) is 0 Å². The lowest BCUT2D eigenvalue weighted by Gasteiger charge is -2.34. The molecule has 6 heteroatoms. The molecule has 1 aromatic heterocycles. The third-order valence-corrected chi connectivity index (χ3v) is 3.22. The molecule has 0 saturated carbocycles. The minimum Gasteiger partial charge on any atom is -0.338 e. The van der Waals surface area contributed by atoms with Crippen molar-refractivity contribution in [2.75, 3.05) is 6.54 Å². The first-order chi connectivity index (χ1) is 8.20. The van der Waals surface area contributed by atoms with Gasteiger partial charge in [0.2, 0.25) is 5.91 Å². The average molecular weight is 237 g/mol. The van der Waals surface area contributed by atoms with E-state index in [9.17, 15) is 4.79 Å². The van der Waals surface area contributed by atoms with Gasteiger partial charge >= 0.3 is 0 Å². The van der Waals surface area contributed by atoms with E-state index < -0.39 is 0 Å². The van der Waals surface area contributed by atoms with Gasteiger partial charge in [-0.2, -0.15) is 0 Å². The highest BCUT2D eigenvalue weighted by molar-refractivity contribution is 5.73. The number of likely N-dealkylation sites (tertiary alicyclic amines) is 1. The maximum Gasteiger partial charge on any atom is 0.219 e. The highest BCUT2D eigenvalue weighted by Crippen LogP contribution is 2.18. The molecule has 94 valence electrons. The summed E-state index contributed by atoms with van der Waals surface area (Å²) in [5.41, 5.74) is 6.28. The molecule has 2 N–H and O–H groups in total. The molecule has 2 heterocycles. The van der Waals surface area contributed by atoms with Gasteiger partial charge < -0.3 is 10.6 Å². The lowest BCUT2D eigenvalue weighted by molar-refractivity contribution is -0.132. The third kappa shape index (κ3) is 2.82. The zero-order valence-electron chi connectivity index (χ0n) is 10.2. The first kappa shape index (κ1) is 12.0. The molecular weight excluding hydrogens is 218 g/mol. The molecule has 1 atom stereocenters. The Balaban J connectivity index is 2.02. The topological polar surface area (TPSA) is 77.0 Å². The van der Waals surface area contributed by atoms with Gasteiger partial charge in [0, 0.05) is 26.2 Å². The van der Waals surface area contributed by atoms with Crippen LogP contribution in [0.3, 0.4) is 0 Å². The minimum atomic E-state index is 0.147. The van der Waals surface area contributed by atoms with Gasteiger partial charge in [-0.25, -0.2) is 0 Å². The van der Waals surface area contributed by atoms with Crippen molar-refractivity contribution < 1.29 is 4.79 Å². The maximum atomic E-state index is 11.5. The van der Waals surface area contributed by atoms with Crippen LogP contribution >= 0.6 is 0 Å². The molecule has 17 heavy (non-hydrogen) atoms. The van der Waals surface area contributed by atoms with Crippen LogP contribution in [0.1, 0.15) is 31.9 Å². The fourth-order valence-corrected chi connectivity index (χ4v) is 2.34. The second-order valence-corrected chi connectivity index (χ2v) is 4.50. The maximum absolute atomic E-state index is 11.5. The molecule has 6 nitrogen and oxygen atoms in total. The van der Waals surface area contributed by atoms with Gasteiger partial charge in [-0.1, -0.05) is 5.21 Å². The van der Waals surface area contributed by atoms with Crippen molar-refractivity contribution in [2.45, 2.75) is 45.3 Å². The predicted octanol–water partition coefficient (Wildman–Crippen LogP) is 0.138. The summed E-state index contributed by atoms with van der Waals surface area (Å²) < 4.78 is 1.79. The SMILES string of the molecule is CC(=O)N1CCCCC1Cn1cc(CN)nn1. The summed E-state index contributed by atoms with van der Waals surface area (Å²) in [6.07, 6.45) is 5.17. The van der Waals surface area contributed by atoms with Crippen LogP contribution in [-0.4, -0.2) is 38.4 Å². The van der Waals surface area contributed by atoms with E-state index in [1.165, 1.54) is 6.42 Å². The number of hydrogen-bond donors (Lipinski definition) is 1. The third-order valence-electron chi connectivity index (χ3n) is 3.22. The first-order valence-corrected chi connectivity index (χ1v) is 6.07. The first-order valence-electron chi connectivity index (χ1n) is 6.07. The second-order valence-electron chi connectivity index (χ2n) is 4.50. The van der Waals surface area contributed by atoms with Crippen LogP contribution in [0.4, 0.5) is 0 Å². The average Bonchev–Trinajstić information content (AvgIpc) is 2.77. The van der Waals surface area contributed by atoms with E-state index in [2.05, 4.69) is 10.3 Å². The Bertz CT molecular complexity index is 389. The van der Waals surface area contributed by atoms with Gasteiger partial charge in [-0.05, 0) is 19.3 Å². The van der Waals surface area contributed by atoms with Crippen LogP contribution in [0.25, 0.3) is 0 Å². The summed E-state index contributed by atoms with van der Waals surface area (Å²) in [4.78, 5) is 13.5. The quantitative estimate of drug-likeness (QED) is 0.811. The van der Waals surface area contributed by atoms with Gasteiger partial charge in [0.25, 0.3) is 0 Å². The van der Waals surface area contributed by atoms with Crippen molar-refractivity contribution >= 4 is 5.91 Å². The van der Waals surface area contributed by atoms with Crippen molar-refractivity contribution in [3.05, 3.63) is 11.9 Å². The van der Waals surface area contributed by atoms with Gasteiger partial charge in [0.1, 0.15) is 0 Å². The normalized spacial score (nSPS) is 20.6. The van der Waals surface area contributed by atoms with E-state index in [-0.39, 0.29) is 11.9 Å². The van der Waals surface area contributed by atoms with E-state index in [0.29, 0.717) is 13.1 Å². The Morgan fingerprint density at radius 3 is 3.06 bits per heavy atom. The summed E-state index contributed by atoms with van der Waals surface area (Å²) in [6.45, 7) is 3.61. The molecule has 1 fully saturated rings. The Kier molecular flexibility index (Phi) is 3.73. The molecule has 2 rings (SSSR count). The lowest BCUT2D eigenvalue weighted by Crippen LogP contribution is -2.44. The second kappa shape index (κ2) is 5.27. The molecule has 0 spiro atoms. The van der Waals surface area contributed by atoms with Crippen molar-refractivity contribution in [1.29, 1.82) is 0 Å². The molecule has 1 saturated heterocycles. The van der Waals surface area contributed by atoms with Crippen LogP contribution in [0.15, 0.2) is 6.20 Å². The highest BCUT2D eigenvalue weighted by atomic mass is 16.2. The number of nitrogens with zero attached hydrogens (tertiary/aromatic N) is 4. The molecule has 0 bridgehead atoms. The van der Waals surface area contributed by atoms with Gasteiger partial charge in [-0.15, -0.1) is 5.10 Å². The van der Waals surface area contributed by atoms with Gasteiger partial charge in [-0.3, -0.25) is 9.48 Å². The molecule has 1 aliphatic rings. The number of nitrogens with two attached hydrogens (primary N) is 1. The monoisotopic (exact) mass is 237 g/mol. The summed E-state index contributed by atoms with van der Waals surface area (Å²) in [6, 6.07) is 0.244. The Labute approximate surface area is 101 Å². The molecule has 1 aliphatic heterocycles. The highest BCUT2D eigenvalue weighted by Gasteiger charge is 2.24. The van der Waals surface area contributed by atoms with Gasteiger partial charge in [0.15, 0.2) is 0 Å². The van der Waals surface area contributed by atoms with Crippen LogP contribution in [0, 0.1) is 0 Å². The van der Waals surface area contributed by atoms with E-state index >= 15 is 0 Å². The number of amides is 1. The Morgan fingerprint density at radius 2 is 2.41 bits per heavy atom. The number of rotatable bonds is 3. The fourth-order valence-electron chi connectivity index (χ4n) is 2.34. The summed E-state index contributed by atoms with van der Waals surface area (Å²) in [7, 11) is 0. The molecule has 1 unspecified atom stereocenters. The Morgan fingerprint density at radius 1 is 1.59 bits per heavy atom. The van der Waals surface area contributed by atoms with Crippen molar-refractivity contribution in [2.24, 2.45) is 5.73 Å². The van der Waals surface area contributed by atoms with Crippen LogP contribution in [0.2, 0.25) is 0 Å². The van der Waals surface area contributed by atoms with Gasteiger partial charge in [0.05, 0.1) is 18.3 Å². The van der Waals surface area contributed by atoms with E-state index in [0.717, 1.165) is 25.1 Å². The standard InChI is InChI=1S/C11H19N5O/c1-9(17)16-5-3-2-4-11(16)8-15-7-10(6-12)13-14-15/h7,11H,2-6,8,12H2,1H3. The number of carbonyl (C=O) groups excluding carboxylic acids is 1. The number of aromatic nitrogens is 3. The van der Waals surface area contributed by atoms with E-state index in [1.54, 1.807) is 11.6 Å². The molecule has 1 aromatic rings. The largest absolute Gasteiger partial charge is 0.338 e. The fraction of sp³-hybridized carbons (Fsp3) is 0.727. The number of hydrogen-bond acceptors (Lipinski definition) is 4. The summed E-state index contributed by atoms with van der Waals surface area (Å²) >= 11 is 0. The summed E-state index contributed by atoms with van der Waals surface area (Å²) in [5.74, 6) is 0.147. The van der Waals surface area contributed by atoms with Crippen LogP contribution < -0.4 is 5.73 Å².